The second-order valence-corrected chi connectivity index (χ2v) is 6.32. The number of pyridine rings is 1. The van der Waals surface area contributed by atoms with Gasteiger partial charge >= 0.3 is 0 Å². The number of nitriles is 1. The van der Waals surface area contributed by atoms with Gasteiger partial charge in [0, 0.05) is 30.3 Å². The van der Waals surface area contributed by atoms with Gasteiger partial charge in [0.1, 0.15) is 6.07 Å². The summed E-state index contributed by atoms with van der Waals surface area (Å²) < 4.78 is 20.4. The minimum Gasteiger partial charge on any atom is -0.380 e. The quantitative estimate of drug-likeness (QED) is 0.867. The molecule has 2 aromatic rings. The lowest BCUT2D eigenvalue weighted by Crippen LogP contribution is -2.37. The molecule has 0 aliphatic carbocycles. The van der Waals surface area contributed by atoms with Crippen LogP contribution in [0.2, 0.25) is 0 Å². The van der Waals surface area contributed by atoms with Crippen molar-refractivity contribution in [3.05, 3.63) is 51.9 Å². The number of nitrogens with zero attached hydrogens (tertiary/aromatic N) is 3. The maximum Gasteiger partial charge on any atom is 0.166 e. The van der Waals surface area contributed by atoms with Gasteiger partial charge in [0.15, 0.2) is 11.6 Å². The molecule has 0 unspecified atom stereocenters. The van der Waals surface area contributed by atoms with Crippen LogP contribution >= 0.6 is 15.9 Å². The molecule has 1 aromatic carbocycles. The van der Waals surface area contributed by atoms with Crippen molar-refractivity contribution in [1.29, 1.82) is 5.26 Å². The molecule has 7 heteroatoms. The number of ether oxygens (including phenoxy) is 1. The van der Waals surface area contributed by atoms with E-state index in [0.29, 0.717) is 49.9 Å². The zero-order valence-corrected chi connectivity index (χ0v) is 14.5. The van der Waals surface area contributed by atoms with Crippen LogP contribution in [0.4, 0.5) is 15.9 Å². The molecule has 1 aromatic heterocycles. The molecule has 0 spiro atoms. The van der Waals surface area contributed by atoms with Gasteiger partial charge in [-0.25, -0.2) is 9.37 Å². The molecule has 1 fully saturated rings. The molecule has 1 N–H and O–H groups in total. The minimum atomic E-state index is -0.340. The fraction of sp³-hybridized carbons (Fsp3) is 0.294. The fourth-order valence-corrected chi connectivity index (χ4v) is 2.90. The lowest BCUT2D eigenvalue weighted by Gasteiger charge is -2.28. The molecular formula is C17H16BrFN4O. The first-order valence-corrected chi connectivity index (χ1v) is 8.37. The van der Waals surface area contributed by atoms with Crippen molar-refractivity contribution in [3.8, 4) is 6.07 Å². The number of nitrogens with one attached hydrogen (secondary N) is 1. The predicted molar refractivity (Wildman–Crippen MR) is 93.4 cm³/mol. The number of morpholine rings is 1. The van der Waals surface area contributed by atoms with Gasteiger partial charge in [-0.2, -0.15) is 5.26 Å². The van der Waals surface area contributed by atoms with E-state index in [2.05, 4.69) is 32.3 Å². The second kappa shape index (κ2) is 7.60. The van der Waals surface area contributed by atoms with Crippen LogP contribution in [0.3, 0.4) is 0 Å². The summed E-state index contributed by atoms with van der Waals surface area (Å²) >= 11 is 3.34. The largest absolute Gasteiger partial charge is 0.380 e. The van der Waals surface area contributed by atoms with Crippen molar-refractivity contribution in [3.63, 3.8) is 0 Å². The first-order valence-electron chi connectivity index (χ1n) is 7.58. The third kappa shape index (κ3) is 3.83. The number of hydrogen-bond donors (Lipinski definition) is 1. The Labute approximate surface area is 148 Å². The van der Waals surface area contributed by atoms with Crippen LogP contribution in [0.25, 0.3) is 0 Å². The van der Waals surface area contributed by atoms with E-state index in [-0.39, 0.29) is 5.82 Å². The van der Waals surface area contributed by atoms with Gasteiger partial charge in [0.25, 0.3) is 0 Å². The van der Waals surface area contributed by atoms with Crippen LogP contribution in [-0.4, -0.2) is 31.3 Å². The summed E-state index contributed by atoms with van der Waals surface area (Å²) in [7, 11) is 0. The first kappa shape index (κ1) is 16.7. The van der Waals surface area contributed by atoms with Crippen molar-refractivity contribution in [2.24, 2.45) is 0 Å². The molecule has 124 valence electrons. The topological polar surface area (TPSA) is 61.2 Å². The van der Waals surface area contributed by atoms with Crippen LogP contribution < -0.4 is 10.2 Å². The van der Waals surface area contributed by atoms with Crippen molar-refractivity contribution in [1.82, 2.24) is 4.98 Å². The number of anilines is 2. The lowest BCUT2D eigenvalue weighted by atomic mass is 10.2. The lowest BCUT2D eigenvalue weighted by molar-refractivity contribution is 0.122. The second-order valence-electron chi connectivity index (χ2n) is 5.40. The Hall–Kier alpha value is -2.17. The summed E-state index contributed by atoms with van der Waals surface area (Å²) in [6.07, 6.45) is 1.66. The van der Waals surface area contributed by atoms with E-state index in [1.165, 1.54) is 6.07 Å². The standard InChI is InChI=1S/C17H16BrFN4O/c18-14-1-2-16(13(8-14)9-20)21-10-12-7-15(19)17(22-11-12)23-3-5-24-6-4-23/h1-2,7-8,11,21H,3-6,10H2. The molecule has 1 aliphatic heterocycles. The summed E-state index contributed by atoms with van der Waals surface area (Å²) in [6, 6.07) is 9.02. The van der Waals surface area contributed by atoms with Crippen molar-refractivity contribution in [2.45, 2.75) is 6.54 Å². The summed E-state index contributed by atoms with van der Waals surface area (Å²) in [5, 5.41) is 12.3. The summed E-state index contributed by atoms with van der Waals surface area (Å²) in [4.78, 5) is 6.14. The minimum absolute atomic E-state index is 0.340. The Bertz CT molecular complexity index is 772. The van der Waals surface area contributed by atoms with E-state index in [1.54, 1.807) is 12.3 Å². The Kier molecular flexibility index (Phi) is 5.28. The summed E-state index contributed by atoms with van der Waals surface area (Å²) in [5.74, 6) is 0.0240. The van der Waals surface area contributed by atoms with Gasteiger partial charge in [-0.1, -0.05) is 15.9 Å². The predicted octanol–water partition coefficient (Wildman–Crippen LogP) is 3.30. The van der Waals surface area contributed by atoms with Gasteiger partial charge in [-0.05, 0) is 29.8 Å². The summed E-state index contributed by atoms with van der Waals surface area (Å²) in [6.45, 7) is 2.86. The Morgan fingerprint density at radius 1 is 1.33 bits per heavy atom. The van der Waals surface area contributed by atoms with Crippen LogP contribution in [0.1, 0.15) is 11.1 Å². The number of hydrogen-bond acceptors (Lipinski definition) is 5. The molecule has 24 heavy (non-hydrogen) atoms. The van der Waals surface area contributed by atoms with Crippen molar-refractivity contribution >= 4 is 27.4 Å². The highest BCUT2D eigenvalue weighted by atomic mass is 79.9. The Morgan fingerprint density at radius 3 is 2.83 bits per heavy atom. The van der Waals surface area contributed by atoms with E-state index < -0.39 is 0 Å². The molecule has 3 rings (SSSR count). The van der Waals surface area contributed by atoms with Crippen molar-refractivity contribution < 1.29 is 9.13 Å². The number of halogens is 2. The maximum absolute atomic E-state index is 14.3. The number of aromatic nitrogens is 1. The van der Waals surface area contributed by atoms with E-state index in [1.807, 2.05) is 17.0 Å². The maximum atomic E-state index is 14.3. The highest BCUT2D eigenvalue weighted by molar-refractivity contribution is 9.10. The van der Waals surface area contributed by atoms with Crippen molar-refractivity contribution in [2.75, 3.05) is 36.5 Å². The van der Waals surface area contributed by atoms with E-state index >= 15 is 0 Å². The highest BCUT2D eigenvalue weighted by Gasteiger charge is 2.16. The Morgan fingerprint density at radius 2 is 2.12 bits per heavy atom. The summed E-state index contributed by atoms with van der Waals surface area (Å²) in [5.41, 5.74) is 1.96. The average molecular weight is 391 g/mol. The molecule has 0 radical (unpaired) electrons. The number of benzene rings is 1. The molecule has 1 aliphatic rings. The average Bonchev–Trinajstić information content (AvgIpc) is 2.61. The van der Waals surface area contributed by atoms with Gasteiger partial charge in [-0.15, -0.1) is 0 Å². The van der Waals surface area contributed by atoms with Crippen LogP contribution in [0.5, 0.6) is 0 Å². The van der Waals surface area contributed by atoms with Crippen LogP contribution in [-0.2, 0) is 11.3 Å². The SMILES string of the molecule is N#Cc1cc(Br)ccc1NCc1cnc(N2CCOCC2)c(F)c1. The van der Waals surface area contributed by atoms with Gasteiger partial charge in [0.2, 0.25) is 0 Å². The number of rotatable bonds is 4. The van der Waals surface area contributed by atoms with Gasteiger partial charge < -0.3 is 15.0 Å². The monoisotopic (exact) mass is 390 g/mol. The van der Waals surface area contributed by atoms with E-state index in [9.17, 15) is 4.39 Å². The molecule has 5 nitrogen and oxygen atoms in total. The zero-order valence-electron chi connectivity index (χ0n) is 12.9. The fourth-order valence-electron chi connectivity index (χ4n) is 2.54. The zero-order chi connectivity index (χ0) is 16.9. The normalized spacial score (nSPS) is 14.3. The molecule has 0 atom stereocenters. The van der Waals surface area contributed by atoms with E-state index in [4.69, 9.17) is 10.00 Å². The Balaban J connectivity index is 1.70. The smallest absolute Gasteiger partial charge is 0.166 e. The molecular weight excluding hydrogens is 375 g/mol. The molecule has 0 saturated carbocycles. The molecule has 0 bridgehead atoms. The highest BCUT2D eigenvalue weighted by Crippen LogP contribution is 2.22. The van der Waals surface area contributed by atoms with Gasteiger partial charge in [-0.3, -0.25) is 0 Å². The molecule has 0 amide bonds. The van der Waals surface area contributed by atoms with Crippen LogP contribution in [0, 0.1) is 17.1 Å². The third-order valence-electron chi connectivity index (χ3n) is 3.77. The third-order valence-corrected chi connectivity index (χ3v) is 4.27. The molecule has 1 saturated heterocycles. The molecule has 2 heterocycles. The van der Waals surface area contributed by atoms with Crippen LogP contribution in [0.15, 0.2) is 34.9 Å². The first-order chi connectivity index (χ1) is 11.7. The van der Waals surface area contributed by atoms with Gasteiger partial charge in [0.05, 0.1) is 24.5 Å². The van der Waals surface area contributed by atoms with E-state index in [0.717, 1.165) is 10.0 Å².